The summed E-state index contributed by atoms with van der Waals surface area (Å²) in [6.07, 6.45) is -6.61. The summed E-state index contributed by atoms with van der Waals surface area (Å²) >= 11 is 0. The molecule has 0 heterocycles. The molecule has 0 fully saturated rings. The molecule has 7 nitrogen and oxygen atoms in total. The summed E-state index contributed by atoms with van der Waals surface area (Å²) in [4.78, 5) is 15.5. The zero-order chi connectivity index (χ0) is 13.7. The van der Waals surface area contributed by atoms with E-state index in [1.54, 1.807) is 0 Å². The molecule has 0 saturated heterocycles. The van der Waals surface area contributed by atoms with E-state index < -0.39 is 35.2 Å². The van der Waals surface area contributed by atoms with Gasteiger partial charge in [0.1, 0.15) is 0 Å². The lowest BCUT2D eigenvalue weighted by Gasteiger charge is -2.11. The van der Waals surface area contributed by atoms with E-state index in [-0.39, 0.29) is 0 Å². The van der Waals surface area contributed by atoms with Crippen LogP contribution >= 0.6 is 0 Å². The van der Waals surface area contributed by atoms with Gasteiger partial charge in [-0.3, -0.25) is 4.84 Å². The third kappa shape index (κ3) is 9.84. The van der Waals surface area contributed by atoms with Crippen molar-refractivity contribution in [1.82, 2.24) is 9.61 Å². The lowest BCUT2D eigenvalue weighted by atomic mass is 10.5. The van der Waals surface area contributed by atoms with Gasteiger partial charge in [0.15, 0.2) is 6.61 Å². The summed E-state index contributed by atoms with van der Waals surface area (Å²) in [5, 5.41) is 0. The first kappa shape index (κ1) is 15.9. The molecule has 0 aromatic heterocycles. The fourth-order valence-corrected chi connectivity index (χ4v) is 1.08. The van der Waals surface area contributed by atoms with Crippen LogP contribution in [-0.2, 0) is 19.8 Å². The van der Waals surface area contributed by atoms with Gasteiger partial charge in [-0.25, -0.2) is 9.52 Å². The van der Waals surface area contributed by atoms with E-state index >= 15 is 0 Å². The van der Waals surface area contributed by atoms with Crippen LogP contribution in [0, 0.1) is 0 Å². The summed E-state index contributed by atoms with van der Waals surface area (Å²) < 4.78 is 62.2. The highest BCUT2D eigenvalue weighted by Crippen LogP contribution is 2.13. The molecule has 0 aliphatic rings. The molecular weight excluding hydrogens is 269 g/mol. The normalized spacial score (nSPS) is 12.6. The molecule has 0 saturated carbocycles. The maximum atomic E-state index is 11.6. The molecule has 0 rings (SSSR count). The Kier molecular flexibility index (Phi) is 5.64. The number of carbonyl (C=O) groups is 1. The van der Waals surface area contributed by atoms with Crippen molar-refractivity contribution in [2.75, 3.05) is 6.61 Å². The molecule has 0 aromatic rings. The van der Waals surface area contributed by atoms with E-state index in [4.69, 9.17) is 0 Å². The fourth-order valence-electron chi connectivity index (χ4n) is 0.558. The van der Waals surface area contributed by atoms with Gasteiger partial charge in [0, 0.05) is 0 Å². The van der Waals surface area contributed by atoms with Crippen molar-refractivity contribution in [2.45, 2.75) is 26.1 Å². The number of carbonyl (C=O) groups excluding carboxylic acids is 1. The van der Waals surface area contributed by atoms with Crippen LogP contribution in [0.3, 0.4) is 0 Å². The molecule has 0 bridgehead atoms. The second kappa shape index (κ2) is 6.02. The van der Waals surface area contributed by atoms with Crippen molar-refractivity contribution in [1.29, 1.82) is 0 Å². The summed E-state index contributed by atoms with van der Waals surface area (Å²) in [5.74, 6) is 0. The van der Waals surface area contributed by atoms with E-state index in [1.807, 2.05) is 0 Å². The van der Waals surface area contributed by atoms with Crippen LogP contribution in [0.2, 0.25) is 0 Å². The van der Waals surface area contributed by atoms with Crippen molar-refractivity contribution in [2.24, 2.45) is 0 Å². The van der Waals surface area contributed by atoms with Crippen LogP contribution in [0.15, 0.2) is 0 Å². The first-order valence-electron chi connectivity index (χ1n) is 4.20. The molecule has 1 amide bonds. The first-order chi connectivity index (χ1) is 7.52. The van der Waals surface area contributed by atoms with Crippen molar-refractivity contribution in [3.63, 3.8) is 0 Å². The van der Waals surface area contributed by atoms with Gasteiger partial charge in [-0.1, -0.05) is 4.89 Å². The molecule has 0 aliphatic carbocycles. The Hall–Kier alpha value is -1.07. The Labute approximate surface area is 95.4 Å². The van der Waals surface area contributed by atoms with E-state index in [2.05, 4.69) is 9.57 Å². The predicted octanol–water partition coefficient (Wildman–Crippen LogP) is 0.449. The fraction of sp³-hybridized carbons (Fsp3) is 0.833. The van der Waals surface area contributed by atoms with Gasteiger partial charge in [0.05, 0.1) is 6.10 Å². The van der Waals surface area contributed by atoms with E-state index in [9.17, 15) is 26.4 Å². The minimum Gasteiger partial charge on any atom is -0.446 e. The SMILES string of the molecule is CC(C)OC(=O)NS(=O)(=O)NOCC(F)(F)F. The van der Waals surface area contributed by atoms with Crippen LogP contribution in [0.25, 0.3) is 0 Å². The lowest BCUT2D eigenvalue weighted by Crippen LogP contribution is -2.42. The minimum atomic E-state index is -4.69. The van der Waals surface area contributed by atoms with Gasteiger partial charge in [-0.2, -0.15) is 21.6 Å². The minimum absolute atomic E-state index is 0.582. The molecule has 0 aliphatic heterocycles. The van der Waals surface area contributed by atoms with E-state index in [0.717, 1.165) is 4.89 Å². The Morgan fingerprint density at radius 3 is 2.29 bits per heavy atom. The maximum absolute atomic E-state index is 11.6. The van der Waals surface area contributed by atoms with E-state index in [0.29, 0.717) is 0 Å². The highest BCUT2D eigenvalue weighted by molar-refractivity contribution is 7.87. The van der Waals surface area contributed by atoms with Crippen LogP contribution in [-0.4, -0.2) is 33.4 Å². The number of rotatable bonds is 5. The largest absolute Gasteiger partial charge is 0.446 e. The number of halogens is 3. The summed E-state index contributed by atoms with van der Waals surface area (Å²) in [6.45, 7) is 1.09. The molecule has 2 N–H and O–H groups in total. The summed E-state index contributed by atoms with van der Waals surface area (Å²) in [7, 11) is -4.55. The summed E-state index contributed by atoms with van der Waals surface area (Å²) in [5.41, 5.74) is 0. The zero-order valence-corrected chi connectivity index (χ0v) is 9.68. The maximum Gasteiger partial charge on any atom is 0.422 e. The molecule has 0 unspecified atom stereocenters. The molecule has 0 spiro atoms. The first-order valence-corrected chi connectivity index (χ1v) is 5.69. The highest BCUT2D eigenvalue weighted by Gasteiger charge is 2.29. The monoisotopic (exact) mass is 280 g/mol. The molecule has 0 radical (unpaired) electrons. The van der Waals surface area contributed by atoms with Crippen molar-refractivity contribution >= 4 is 16.3 Å². The molecule has 0 aromatic carbocycles. The number of alkyl halides is 3. The van der Waals surface area contributed by atoms with Gasteiger partial charge in [0.25, 0.3) is 0 Å². The molecule has 0 atom stereocenters. The Morgan fingerprint density at radius 2 is 1.88 bits per heavy atom. The van der Waals surface area contributed by atoms with Crippen molar-refractivity contribution < 1.29 is 36.0 Å². The summed E-state index contributed by atoms with van der Waals surface area (Å²) in [6, 6.07) is 0. The number of nitrogens with one attached hydrogen (secondary N) is 2. The average Bonchev–Trinajstić information content (AvgIpc) is 1.96. The van der Waals surface area contributed by atoms with Gasteiger partial charge >= 0.3 is 22.5 Å². The Balaban J connectivity index is 4.09. The standard InChI is InChI=1S/C6H11F3N2O5S/c1-4(2)16-5(12)10-17(13,14)11-15-3-6(7,8)9/h4,11H,3H2,1-2H3,(H,10,12). The molecular formula is C6H11F3N2O5S. The average molecular weight is 280 g/mol. The van der Waals surface area contributed by atoms with Gasteiger partial charge in [-0.05, 0) is 13.8 Å². The Morgan fingerprint density at radius 1 is 1.35 bits per heavy atom. The number of hydrogen-bond acceptors (Lipinski definition) is 5. The molecule has 17 heavy (non-hydrogen) atoms. The second-order valence-corrected chi connectivity index (χ2v) is 4.42. The smallest absolute Gasteiger partial charge is 0.422 e. The quantitative estimate of drug-likeness (QED) is 0.713. The van der Waals surface area contributed by atoms with Gasteiger partial charge in [-0.15, -0.1) is 0 Å². The van der Waals surface area contributed by atoms with E-state index in [1.165, 1.54) is 18.6 Å². The zero-order valence-electron chi connectivity index (χ0n) is 8.87. The second-order valence-electron chi connectivity index (χ2n) is 3.05. The number of ether oxygens (including phenoxy) is 1. The van der Waals surface area contributed by atoms with Crippen LogP contribution in [0.1, 0.15) is 13.8 Å². The van der Waals surface area contributed by atoms with Crippen LogP contribution < -0.4 is 9.61 Å². The number of amides is 1. The third-order valence-corrected chi connectivity index (χ3v) is 1.74. The van der Waals surface area contributed by atoms with Crippen molar-refractivity contribution in [3.05, 3.63) is 0 Å². The van der Waals surface area contributed by atoms with Crippen LogP contribution in [0.4, 0.5) is 18.0 Å². The van der Waals surface area contributed by atoms with Gasteiger partial charge < -0.3 is 4.74 Å². The predicted molar refractivity (Wildman–Crippen MR) is 48.8 cm³/mol. The highest BCUT2D eigenvalue weighted by atomic mass is 32.2. The Bertz CT molecular complexity index is 353. The lowest BCUT2D eigenvalue weighted by molar-refractivity contribution is -0.181. The number of hydrogen-bond donors (Lipinski definition) is 2. The topological polar surface area (TPSA) is 93.7 Å². The van der Waals surface area contributed by atoms with Gasteiger partial charge in [0.2, 0.25) is 0 Å². The molecule has 102 valence electrons. The molecule has 11 heteroatoms. The third-order valence-electron chi connectivity index (χ3n) is 0.965. The van der Waals surface area contributed by atoms with Crippen LogP contribution in [0.5, 0.6) is 0 Å². The van der Waals surface area contributed by atoms with Crippen molar-refractivity contribution in [3.8, 4) is 0 Å².